The zero-order chi connectivity index (χ0) is 24.1. The number of nitrogen functional groups attached to an aromatic ring is 1. The number of hydrogen-bond donors (Lipinski definition) is 3. The number of anilines is 1. The number of phosphoric acid groups is 1. The Morgan fingerprint density at radius 3 is 2.97 bits per heavy atom. The van der Waals surface area contributed by atoms with Crippen molar-refractivity contribution in [2.24, 2.45) is 0 Å². The fourth-order valence-electron chi connectivity index (χ4n) is 3.89. The fourth-order valence-corrected chi connectivity index (χ4v) is 5.77. The third kappa shape index (κ3) is 4.10. The number of aliphatic hydroxyl groups excluding tert-OH is 1. The van der Waals surface area contributed by atoms with Gasteiger partial charge >= 0.3 is 7.82 Å². The zero-order valence-electron chi connectivity index (χ0n) is 18.2. The van der Waals surface area contributed by atoms with Gasteiger partial charge in [0.2, 0.25) is 6.29 Å². The van der Waals surface area contributed by atoms with Crippen molar-refractivity contribution in [2.45, 2.75) is 48.7 Å². The smallest absolute Gasteiger partial charge is 0.385 e. The monoisotopic (exact) mass is 510 g/mol. The number of ether oxygens (including phenoxy) is 1. The van der Waals surface area contributed by atoms with Crippen LogP contribution in [0.25, 0.3) is 11.2 Å². The lowest BCUT2D eigenvalue weighted by Crippen LogP contribution is -2.44. The zero-order valence-corrected chi connectivity index (χ0v) is 19.9. The Morgan fingerprint density at radius 2 is 2.18 bits per heavy atom. The number of thioether (sulfide) groups is 1. The Morgan fingerprint density at radius 1 is 1.35 bits per heavy atom. The van der Waals surface area contributed by atoms with Gasteiger partial charge in [0.15, 0.2) is 17.7 Å². The van der Waals surface area contributed by atoms with Gasteiger partial charge in [0.1, 0.15) is 23.5 Å². The van der Waals surface area contributed by atoms with Gasteiger partial charge < -0.3 is 20.7 Å². The van der Waals surface area contributed by atoms with Crippen LogP contribution in [0.1, 0.15) is 31.2 Å². The molecule has 4 N–H and O–H groups in total. The number of nitrogens with zero attached hydrogens (tertiary/aromatic N) is 5. The SMILES string of the molecule is CSc1cc(C2CCOP(=O)(OC3O[C@@H](n4cnc5c(N)ncnc54)[C@](C)(O)[C@@H]3O)O2)ccn1. The van der Waals surface area contributed by atoms with Crippen molar-refractivity contribution in [1.29, 1.82) is 0 Å². The lowest BCUT2D eigenvalue weighted by atomic mass is 9.99. The summed E-state index contributed by atoms with van der Waals surface area (Å²) in [6.07, 6.45) is 1.69. The quantitative estimate of drug-likeness (QED) is 0.335. The molecular weight excluding hydrogens is 487 g/mol. The van der Waals surface area contributed by atoms with Crippen molar-refractivity contribution in [3.8, 4) is 0 Å². The van der Waals surface area contributed by atoms with Gasteiger partial charge in [-0.05, 0) is 30.9 Å². The van der Waals surface area contributed by atoms with Crippen LogP contribution >= 0.6 is 19.6 Å². The molecule has 2 fully saturated rings. The first-order valence-corrected chi connectivity index (χ1v) is 13.0. The Labute approximate surface area is 198 Å². The maximum Gasteiger partial charge on any atom is 0.477 e. The molecule has 0 amide bonds. The number of hydrogen-bond acceptors (Lipinski definition) is 13. The first-order valence-electron chi connectivity index (χ1n) is 10.3. The molecule has 15 heteroatoms. The minimum atomic E-state index is -4.15. The highest BCUT2D eigenvalue weighted by Gasteiger charge is 2.57. The highest BCUT2D eigenvalue weighted by molar-refractivity contribution is 7.98. The van der Waals surface area contributed by atoms with Gasteiger partial charge in [-0.25, -0.2) is 24.5 Å². The molecule has 13 nitrogen and oxygen atoms in total. The molecule has 6 atom stereocenters. The summed E-state index contributed by atoms with van der Waals surface area (Å²) >= 11 is 1.47. The minimum absolute atomic E-state index is 0.101. The van der Waals surface area contributed by atoms with Crippen molar-refractivity contribution in [3.63, 3.8) is 0 Å². The van der Waals surface area contributed by atoms with Crippen molar-refractivity contribution < 1.29 is 33.1 Å². The second kappa shape index (κ2) is 8.81. The predicted octanol–water partition coefficient (Wildman–Crippen LogP) is 1.80. The number of fused-ring (bicyclic) bond motifs is 1. The third-order valence-corrected chi connectivity index (χ3v) is 7.84. The summed E-state index contributed by atoms with van der Waals surface area (Å²) in [7, 11) is -4.15. The first-order chi connectivity index (χ1) is 16.2. The lowest BCUT2D eigenvalue weighted by molar-refractivity contribution is -0.145. The number of phosphoric ester groups is 1. The van der Waals surface area contributed by atoms with Gasteiger partial charge in [-0.2, -0.15) is 0 Å². The van der Waals surface area contributed by atoms with Gasteiger partial charge in [-0.3, -0.25) is 18.1 Å². The van der Waals surface area contributed by atoms with E-state index in [1.165, 1.54) is 35.9 Å². The molecule has 2 saturated heterocycles. The van der Waals surface area contributed by atoms with E-state index < -0.39 is 38.1 Å². The van der Waals surface area contributed by atoms with Crippen molar-refractivity contribution in [3.05, 3.63) is 36.5 Å². The molecule has 5 rings (SSSR count). The largest absolute Gasteiger partial charge is 0.477 e. The van der Waals surface area contributed by atoms with E-state index in [0.29, 0.717) is 11.9 Å². The molecule has 2 aliphatic heterocycles. The Kier molecular flexibility index (Phi) is 6.11. The topological polar surface area (TPSA) is 177 Å². The van der Waals surface area contributed by atoms with Gasteiger partial charge in [0, 0.05) is 12.6 Å². The van der Waals surface area contributed by atoms with E-state index in [0.717, 1.165) is 10.6 Å². The molecular formula is C19H23N6O7PS. The molecule has 3 unspecified atom stereocenters. The summed E-state index contributed by atoms with van der Waals surface area (Å²) in [5, 5.41) is 22.6. The first kappa shape index (κ1) is 23.6. The third-order valence-electron chi connectivity index (χ3n) is 5.72. The van der Waals surface area contributed by atoms with Crippen molar-refractivity contribution in [2.75, 3.05) is 18.6 Å². The van der Waals surface area contributed by atoms with E-state index >= 15 is 0 Å². The van der Waals surface area contributed by atoms with E-state index in [2.05, 4.69) is 19.9 Å². The molecule has 0 saturated carbocycles. The Hall–Kier alpha value is -2.16. The van der Waals surface area contributed by atoms with E-state index in [-0.39, 0.29) is 18.1 Å². The molecule has 2 aliphatic rings. The van der Waals surface area contributed by atoms with Crippen LogP contribution in [-0.4, -0.2) is 65.6 Å². The molecule has 0 spiro atoms. The maximum atomic E-state index is 13.3. The van der Waals surface area contributed by atoms with Gasteiger partial charge in [-0.1, -0.05) is 0 Å². The molecule has 0 bridgehead atoms. The normalized spacial score (nSPS) is 34.0. The van der Waals surface area contributed by atoms with Gasteiger partial charge in [0.25, 0.3) is 0 Å². The van der Waals surface area contributed by atoms with E-state index in [9.17, 15) is 14.8 Å². The molecule has 3 aromatic heterocycles. The number of pyridine rings is 1. The van der Waals surface area contributed by atoms with Crippen molar-refractivity contribution in [1.82, 2.24) is 24.5 Å². The highest BCUT2D eigenvalue weighted by Crippen LogP contribution is 2.59. The van der Waals surface area contributed by atoms with Crippen LogP contribution in [0.15, 0.2) is 36.0 Å². The van der Waals surface area contributed by atoms with Gasteiger partial charge in [-0.15, -0.1) is 11.8 Å². The Balaban J connectivity index is 1.37. The molecule has 182 valence electrons. The number of rotatable bonds is 5. The average Bonchev–Trinajstić information content (AvgIpc) is 3.34. The molecule has 34 heavy (non-hydrogen) atoms. The molecule has 0 aromatic carbocycles. The molecule has 0 aliphatic carbocycles. The number of aromatic nitrogens is 5. The summed E-state index contributed by atoms with van der Waals surface area (Å²) in [5.41, 5.74) is 5.32. The molecule has 5 heterocycles. The number of imidazole rings is 1. The van der Waals surface area contributed by atoms with Gasteiger partial charge in [0.05, 0.1) is 24.1 Å². The standard InChI is InChI=1S/C19H23N6O7PS/c1-19(27)14(26)17(30-18(19)25-9-24-13-15(20)22-8-23-16(13)25)32-33(28)29-6-4-11(31-33)10-3-5-21-12(7-10)34-2/h3,5,7-9,11,14,17-18,26-27H,4,6H2,1-2H3,(H2,20,22,23)/t11?,14-,17?,18-,19-,33?/m1/s1. The lowest BCUT2D eigenvalue weighted by Gasteiger charge is -2.31. The van der Waals surface area contributed by atoms with Crippen LogP contribution in [0.4, 0.5) is 5.82 Å². The van der Waals surface area contributed by atoms with Crippen LogP contribution < -0.4 is 5.73 Å². The van der Waals surface area contributed by atoms with E-state index in [1.54, 1.807) is 12.3 Å². The van der Waals surface area contributed by atoms with Crippen LogP contribution in [0, 0.1) is 0 Å². The summed E-state index contributed by atoms with van der Waals surface area (Å²) in [6.45, 7) is 1.45. The van der Waals surface area contributed by atoms with E-state index in [1.807, 2.05) is 12.3 Å². The summed E-state index contributed by atoms with van der Waals surface area (Å²) < 4.78 is 37.0. The Bertz CT molecular complexity index is 1260. The second-order valence-electron chi connectivity index (χ2n) is 8.01. The van der Waals surface area contributed by atoms with Crippen LogP contribution in [0.5, 0.6) is 0 Å². The molecule has 3 aromatic rings. The second-order valence-corrected chi connectivity index (χ2v) is 10.4. The summed E-state index contributed by atoms with van der Waals surface area (Å²) in [4.78, 5) is 16.4. The fraction of sp³-hybridized carbons (Fsp3) is 0.474. The van der Waals surface area contributed by atoms with Crippen LogP contribution in [0.3, 0.4) is 0 Å². The minimum Gasteiger partial charge on any atom is -0.385 e. The summed E-state index contributed by atoms with van der Waals surface area (Å²) in [6, 6.07) is 3.60. The molecule has 0 radical (unpaired) electrons. The van der Waals surface area contributed by atoms with Crippen LogP contribution in [0.2, 0.25) is 0 Å². The maximum absolute atomic E-state index is 13.3. The van der Waals surface area contributed by atoms with Crippen molar-refractivity contribution >= 4 is 36.6 Å². The highest BCUT2D eigenvalue weighted by atomic mass is 32.2. The van der Waals surface area contributed by atoms with Crippen LogP contribution in [-0.2, 0) is 22.9 Å². The average molecular weight is 510 g/mol. The summed E-state index contributed by atoms with van der Waals surface area (Å²) in [5.74, 6) is 0.148. The number of nitrogens with two attached hydrogens (primary N) is 1. The van der Waals surface area contributed by atoms with E-state index in [4.69, 9.17) is 24.0 Å². The predicted molar refractivity (Wildman–Crippen MR) is 119 cm³/mol. The number of aliphatic hydroxyl groups is 2.